The molecule has 1 heterocycles. The van der Waals surface area contributed by atoms with Crippen molar-refractivity contribution in [3.63, 3.8) is 0 Å². The van der Waals surface area contributed by atoms with E-state index in [4.69, 9.17) is 5.73 Å². The van der Waals surface area contributed by atoms with E-state index >= 15 is 0 Å². The maximum Gasteiger partial charge on any atom is 0.239 e. The molecule has 92 valence electrons. The fourth-order valence-electron chi connectivity index (χ4n) is 3.34. The summed E-state index contributed by atoms with van der Waals surface area (Å²) >= 11 is 0. The Bertz CT molecular complexity index is 246. The Balaban J connectivity index is 1.99. The van der Waals surface area contributed by atoms with Crippen molar-refractivity contribution in [3.05, 3.63) is 0 Å². The fourth-order valence-corrected chi connectivity index (χ4v) is 3.34. The highest BCUT2D eigenvalue weighted by molar-refractivity contribution is 5.81. The predicted molar refractivity (Wildman–Crippen MR) is 65.0 cm³/mol. The number of hydrogen-bond donors (Lipinski definition) is 1. The first-order valence-electron chi connectivity index (χ1n) is 6.76. The first-order chi connectivity index (χ1) is 7.70. The van der Waals surface area contributed by atoms with Gasteiger partial charge in [-0.2, -0.15) is 0 Å². The van der Waals surface area contributed by atoms with Gasteiger partial charge in [-0.05, 0) is 38.5 Å². The lowest BCUT2D eigenvalue weighted by Crippen LogP contribution is -2.47. The van der Waals surface area contributed by atoms with E-state index in [1.54, 1.807) is 6.92 Å². The van der Waals surface area contributed by atoms with Gasteiger partial charge in [-0.3, -0.25) is 4.79 Å². The van der Waals surface area contributed by atoms with E-state index in [2.05, 4.69) is 4.90 Å². The van der Waals surface area contributed by atoms with Crippen molar-refractivity contribution in [1.82, 2.24) is 4.90 Å². The van der Waals surface area contributed by atoms with Gasteiger partial charge in [-0.15, -0.1) is 0 Å². The number of nitrogens with two attached hydrogens (primary N) is 1. The summed E-state index contributed by atoms with van der Waals surface area (Å²) in [7, 11) is 0. The van der Waals surface area contributed by atoms with E-state index in [1.165, 1.54) is 44.9 Å². The van der Waals surface area contributed by atoms with Crippen LogP contribution in [0.1, 0.15) is 51.9 Å². The van der Waals surface area contributed by atoms with E-state index in [0.717, 1.165) is 12.5 Å². The summed E-state index contributed by atoms with van der Waals surface area (Å²) in [5, 5.41) is 0. The number of hydrogen-bond acceptors (Lipinski definition) is 2. The van der Waals surface area contributed by atoms with Crippen LogP contribution in [0.4, 0.5) is 0 Å². The standard InChI is InChI=1S/C13H24N2O/c1-10(14)13(16)15-9-5-8-12(15)11-6-3-2-4-7-11/h10-12H,2-9,14H2,1H3/t10-,12?/m0/s1. The van der Waals surface area contributed by atoms with Gasteiger partial charge in [-0.1, -0.05) is 19.3 Å². The number of rotatable bonds is 2. The molecule has 2 rings (SSSR count). The molecule has 0 aromatic rings. The smallest absolute Gasteiger partial charge is 0.239 e. The Labute approximate surface area is 98.4 Å². The van der Waals surface area contributed by atoms with Crippen LogP contribution in [0.5, 0.6) is 0 Å². The Morgan fingerprint density at radius 2 is 1.88 bits per heavy atom. The maximum atomic E-state index is 12.0. The van der Waals surface area contributed by atoms with Gasteiger partial charge in [0, 0.05) is 12.6 Å². The van der Waals surface area contributed by atoms with Gasteiger partial charge >= 0.3 is 0 Å². The van der Waals surface area contributed by atoms with Gasteiger partial charge in [0.2, 0.25) is 5.91 Å². The minimum Gasteiger partial charge on any atom is -0.338 e. The molecule has 2 N–H and O–H groups in total. The van der Waals surface area contributed by atoms with E-state index < -0.39 is 0 Å². The third-order valence-corrected chi connectivity index (χ3v) is 4.17. The average molecular weight is 224 g/mol. The monoisotopic (exact) mass is 224 g/mol. The molecule has 1 saturated heterocycles. The molecular formula is C13H24N2O. The quantitative estimate of drug-likeness (QED) is 0.778. The third kappa shape index (κ3) is 2.40. The fraction of sp³-hybridized carbons (Fsp3) is 0.923. The number of likely N-dealkylation sites (tertiary alicyclic amines) is 1. The molecule has 2 fully saturated rings. The Hall–Kier alpha value is -0.570. The van der Waals surface area contributed by atoms with Crippen molar-refractivity contribution < 1.29 is 4.79 Å². The summed E-state index contributed by atoms with van der Waals surface area (Å²) in [6.45, 7) is 2.74. The van der Waals surface area contributed by atoms with Crippen LogP contribution in [-0.4, -0.2) is 29.4 Å². The summed E-state index contributed by atoms with van der Waals surface area (Å²) in [5.41, 5.74) is 5.72. The molecule has 1 amide bonds. The average Bonchev–Trinajstić information content (AvgIpc) is 2.77. The summed E-state index contributed by atoms with van der Waals surface area (Å²) in [6.07, 6.45) is 9.07. The zero-order chi connectivity index (χ0) is 11.5. The predicted octanol–water partition coefficient (Wildman–Crippen LogP) is 1.90. The number of carbonyl (C=O) groups excluding carboxylic acids is 1. The molecule has 0 aromatic carbocycles. The summed E-state index contributed by atoms with van der Waals surface area (Å²) < 4.78 is 0. The molecule has 3 heteroatoms. The molecule has 1 unspecified atom stereocenters. The van der Waals surface area contributed by atoms with Crippen LogP contribution < -0.4 is 5.73 Å². The van der Waals surface area contributed by atoms with E-state index in [9.17, 15) is 4.79 Å². The maximum absolute atomic E-state index is 12.0. The molecule has 1 saturated carbocycles. The molecule has 0 bridgehead atoms. The van der Waals surface area contributed by atoms with Crippen LogP contribution in [0, 0.1) is 5.92 Å². The zero-order valence-corrected chi connectivity index (χ0v) is 10.3. The van der Waals surface area contributed by atoms with Crippen LogP contribution in [0.25, 0.3) is 0 Å². The molecule has 3 nitrogen and oxygen atoms in total. The minimum absolute atomic E-state index is 0.160. The van der Waals surface area contributed by atoms with Crippen molar-refractivity contribution >= 4 is 5.91 Å². The van der Waals surface area contributed by atoms with Gasteiger partial charge < -0.3 is 10.6 Å². The Morgan fingerprint density at radius 3 is 2.50 bits per heavy atom. The summed E-state index contributed by atoms with van der Waals surface area (Å²) in [4.78, 5) is 14.1. The molecule has 0 spiro atoms. The normalized spacial score (nSPS) is 29.4. The molecule has 16 heavy (non-hydrogen) atoms. The van der Waals surface area contributed by atoms with Gasteiger partial charge in [0.25, 0.3) is 0 Å². The van der Waals surface area contributed by atoms with Gasteiger partial charge in [0.05, 0.1) is 6.04 Å². The Kier molecular flexibility index (Phi) is 3.85. The highest BCUT2D eigenvalue weighted by Crippen LogP contribution is 2.34. The minimum atomic E-state index is -0.329. The second-order valence-electron chi connectivity index (χ2n) is 5.43. The lowest BCUT2D eigenvalue weighted by atomic mass is 9.83. The molecule has 1 aliphatic carbocycles. The van der Waals surface area contributed by atoms with Crippen LogP contribution in [-0.2, 0) is 4.79 Å². The first kappa shape index (κ1) is 11.9. The molecule has 0 aromatic heterocycles. The van der Waals surface area contributed by atoms with Crippen molar-refractivity contribution in [2.75, 3.05) is 6.54 Å². The van der Waals surface area contributed by atoms with E-state index in [1.807, 2.05) is 0 Å². The molecular weight excluding hydrogens is 200 g/mol. The lowest BCUT2D eigenvalue weighted by Gasteiger charge is -2.34. The highest BCUT2D eigenvalue weighted by Gasteiger charge is 2.35. The number of carbonyl (C=O) groups is 1. The second kappa shape index (κ2) is 5.17. The van der Waals surface area contributed by atoms with Gasteiger partial charge in [0.15, 0.2) is 0 Å². The van der Waals surface area contributed by atoms with Crippen molar-refractivity contribution in [2.45, 2.75) is 64.0 Å². The van der Waals surface area contributed by atoms with Crippen LogP contribution in [0.3, 0.4) is 0 Å². The topological polar surface area (TPSA) is 46.3 Å². The van der Waals surface area contributed by atoms with Crippen LogP contribution >= 0.6 is 0 Å². The van der Waals surface area contributed by atoms with Crippen molar-refractivity contribution in [1.29, 1.82) is 0 Å². The van der Waals surface area contributed by atoms with Gasteiger partial charge in [-0.25, -0.2) is 0 Å². The number of nitrogens with zero attached hydrogens (tertiary/aromatic N) is 1. The first-order valence-corrected chi connectivity index (χ1v) is 6.76. The van der Waals surface area contributed by atoms with Gasteiger partial charge in [0.1, 0.15) is 0 Å². The number of amides is 1. The highest BCUT2D eigenvalue weighted by atomic mass is 16.2. The van der Waals surface area contributed by atoms with Crippen molar-refractivity contribution in [3.8, 4) is 0 Å². The molecule has 0 radical (unpaired) electrons. The third-order valence-electron chi connectivity index (χ3n) is 4.17. The summed E-state index contributed by atoms with van der Waals surface area (Å²) in [5.74, 6) is 0.909. The van der Waals surface area contributed by atoms with E-state index in [0.29, 0.717) is 6.04 Å². The Morgan fingerprint density at radius 1 is 1.19 bits per heavy atom. The molecule has 2 atom stereocenters. The van der Waals surface area contributed by atoms with Crippen LogP contribution in [0.15, 0.2) is 0 Å². The van der Waals surface area contributed by atoms with Crippen molar-refractivity contribution in [2.24, 2.45) is 11.7 Å². The zero-order valence-electron chi connectivity index (χ0n) is 10.3. The van der Waals surface area contributed by atoms with E-state index in [-0.39, 0.29) is 11.9 Å². The summed E-state index contributed by atoms with van der Waals surface area (Å²) in [6, 6.07) is 0.169. The van der Waals surface area contributed by atoms with Crippen LogP contribution in [0.2, 0.25) is 0 Å². The largest absolute Gasteiger partial charge is 0.338 e. The second-order valence-corrected chi connectivity index (χ2v) is 5.43. The lowest BCUT2D eigenvalue weighted by molar-refractivity contribution is -0.134. The molecule has 2 aliphatic rings. The SMILES string of the molecule is C[C@H](N)C(=O)N1CCCC1C1CCCCC1. The molecule has 1 aliphatic heterocycles.